The third-order valence-electron chi connectivity index (χ3n) is 3.24. The Morgan fingerprint density at radius 2 is 1.94 bits per heavy atom. The third-order valence-corrected chi connectivity index (χ3v) is 3.93. The lowest BCUT2D eigenvalue weighted by atomic mass is 9.91. The van der Waals surface area contributed by atoms with E-state index in [4.69, 9.17) is 9.47 Å². The average molecular weight is 300 g/mol. The van der Waals surface area contributed by atoms with Crippen molar-refractivity contribution < 1.29 is 9.47 Å². The zero-order valence-electron chi connectivity index (χ0n) is 10.3. The number of methoxy groups -OCH3 is 2. The highest BCUT2D eigenvalue weighted by Gasteiger charge is 2.20. The van der Waals surface area contributed by atoms with Crippen molar-refractivity contribution in [2.24, 2.45) is 0 Å². The average Bonchev–Trinajstić information content (AvgIpc) is 2.39. The number of hydrogen-bond donors (Lipinski definition) is 1. The van der Waals surface area contributed by atoms with Crippen LogP contribution in [0.5, 0.6) is 11.5 Å². The number of benzene rings is 1. The maximum atomic E-state index is 5.36. The first kappa shape index (κ1) is 12.7. The normalized spacial score (nSPS) is 20.1. The lowest BCUT2D eigenvalue weighted by molar-refractivity contribution is 0.353. The maximum absolute atomic E-state index is 5.36. The van der Waals surface area contributed by atoms with Gasteiger partial charge in [0.05, 0.1) is 14.2 Å². The Balaban J connectivity index is 2.32. The Bertz CT molecular complexity index is 389. The van der Waals surface area contributed by atoms with Crippen molar-refractivity contribution in [1.82, 2.24) is 5.32 Å². The van der Waals surface area contributed by atoms with Crippen molar-refractivity contribution in [3.63, 3.8) is 0 Å². The Morgan fingerprint density at radius 3 is 2.53 bits per heavy atom. The number of halogens is 1. The molecular weight excluding hydrogens is 282 g/mol. The summed E-state index contributed by atoms with van der Waals surface area (Å²) in [6, 6.07) is 4.07. The Labute approximate surface area is 111 Å². The number of hydrogen-bond acceptors (Lipinski definition) is 3. The van der Waals surface area contributed by atoms with E-state index in [-0.39, 0.29) is 0 Å². The minimum atomic E-state index is 0.554. The SMILES string of the molecule is COc1cc(Br)c(C2CCCNC2)cc1OC. The molecule has 0 aliphatic carbocycles. The first-order chi connectivity index (χ1) is 8.26. The topological polar surface area (TPSA) is 30.5 Å². The van der Waals surface area contributed by atoms with E-state index in [2.05, 4.69) is 27.3 Å². The van der Waals surface area contributed by atoms with Crippen LogP contribution >= 0.6 is 15.9 Å². The van der Waals surface area contributed by atoms with Gasteiger partial charge in [-0.2, -0.15) is 0 Å². The van der Waals surface area contributed by atoms with E-state index >= 15 is 0 Å². The molecule has 1 heterocycles. The summed E-state index contributed by atoms with van der Waals surface area (Å²) in [6.45, 7) is 2.16. The van der Waals surface area contributed by atoms with Crippen LogP contribution in [0.25, 0.3) is 0 Å². The van der Waals surface area contributed by atoms with Crippen molar-refractivity contribution in [2.45, 2.75) is 18.8 Å². The van der Waals surface area contributed by atoms with Gasteiger partial charge in [-0.3, -0.25) is 0 Å². The predicted octanol–water partition coefficient (Wildman–Crippen LogP) is 2.93. The number of ether oxygens (including phenoxy) is 2. The van der Waals surface area contributed by atoms with E-state index in [1.165, 1.54) is 18.4 Å². The fourth-order valence-corrected chi connectivity index (χ4v) is 2.95. The molecule has 94 valence electrons. The monoisotopic (exact) mass is 299 g/mol. The van der Waals surface area contributed by atoms with Crippen LogP contribution in [0, 0.1) is 0 Å². The van der Waals surface area contributed by atoms with Gasteiger partial charge in [-0.05, 0) is 43.0 Å². The van der Waals surface area contributed by atoms with Crippen LogP contribution in [-0.2, 0) is 0 Å². The van der Waals surface area contributed by atoms with Crippen molar-refractivity contribution >= 4 is 15.9 Å². The summed E-state index contributed by atoms with van der Waals surface area (Å²) < 4.78 is 11.7. The van der Waals surface area contributed by atoms with Crippen molar-refractivity contribution in [3.05, 3.63) is 22.2 Å². The smallest absolute Gasteiger partial charge is 0.161 e. The molecule has 0 spiro atoms. The first-order valence-corrected chi connectivity index (χ1v) is 6.67. The highest BCUT2D eigenvalue weighted by Crippen LogP contribution is 2.38. The molecule has 1 atom stereocenters. The second kappa shape index (κ2) is 5.74. The molecule has 0 bridgehead atoms. The lowest BCUT2D eigenvalue weighted by Crippen LogP contribution is -2.28. The van der Waals surface area contributed by atoms with Crippen LogP contribution in [-0.4, -0.2) is 27.3 Å². The highest BCUT2D eigenvalue weighted by atomic mass is 79.9. The molecule has 1 aliphatic heterocycles. The zero-order valence-corrected chi connectivity index (χ0v) is 11.8. The van der Waals surface area contributed by atoms with E-state index < -0.39 is 0 Å². The van der Waals surface area contributed by atoms with E-state index in [0.717, 1.165) is 29.1 Å². The molecule has 1 fully saturated rings. The standard InChI is InChI=1S/C13H18BrNO2/c1-16-12-6-10(9-4-3-5-15-8-9)11(14)7-13(12)17-2/h6-7,9,15H,3-5,8H2,1-2H3. The minimum Gasteiger partial charge on any atom is -0.493 e. The molecule has 4 heteroatoms. The van der Waals surface area contributed by atoms with Gasteiger partial charge in [0.25, 0.3) is 0 Å². The Kier molecular flexibility index (Phi) is 4.29. The Hall–Kier alpha value is -0.740. The summed E-state index contributed by atoms with van der Waals surface area (Å²) in [5.74, 6) is 2.13. The van der Waals surface area contributed by atoms with Gasteiger partial charge in [-0.1, -0.05) is 15.9 Å². The van der Waals surface area contributed by atoms with Crippen LogP contribution in [0.4, 0.5) is 0 Å². The van der Waals surface area contributed by atoms with Gasteiger partial charge in [0.1, 0.15) is 0 Å². The summed E-state index contributed by atoms with van der Waals surface area (Å²) in [7, 11) is 3.33. The van der Waals surface area contributed by atoms with Gasteiger partial charge in [0, 0.05) is 11.0 Å². The summed E-state index contributed by atoms with van der Waals surface area (Å²) >= 11 is 3.62. The molecule has 3 nitrogen and oxygen atoms in total. The van der Waals surface area contributed by atoms with Crippen molar-refractivity contribution in [1.29, 1.82) is 0 Å². The second-order valence-electron chi connectivity index (χ2n) is 4.27. The van der Waals surface area contributed by atoms with Gasteiger partial charge in [-0.25, -0.2) is 0 Å². The molecule has 0 saturated carbocycles. The fraction of sp³-hybridized carbons (Fsp3) is 0.538. The van der Waals surface area contributed by atoms with E-state index in [1.807, 2.05) is 6.07 Å². The third kappa shape index (κ3) is 2.75. The molecule has 0 amide bonds. The molecule has 1 N–H and O–H groups in total. The van der Waals surface area contributed by atoms with Crippen LogP contribution in [0.1, 0.15) is 24.3 Å². The van der Waals surface area contributed by atoms with Gasteiger partial charge >= 0.3 is 0 Å². The molecule has 0 aromatic heterocycles. The second-order valence-corrected chi connectivity index (χ2v) is 5.13. The molecule has 2 rings (SSSR count). The van der Waals surface area contributed by atoms with Crippen molar-refractivity contribution in [2.75, 3.05) is 27.3 Å². The molecule has 1 aromatic rings. The predicted molar refractivity (Wildman–Crippen MR) is 72.1 cm³/mol. The maximum Gasteiger partial charge on any atom is 0.161 e. The number of rotatable bonds is 3. The van der Waals surface area contributed by atoms with Gasteiger partial charge in [0.2, 0.25) is 0 Å². The van der Waals surface area contributed by atoms with E-state index in [1.54, 1.807) is 14.2 Å². The molecule has 1 aromatic carbocycles. The van der Waals surface area contributed by atoms with E-state index in [0.29, 0.717) is 5.92 Å². The molecule has 17 heavy (non-hydrogen) atoms. The minimum absolute atomic E-state index is 0.554. The number of nitrogens with one attached hydrogen (secondary N) is 1. The van der Waals surface area contributed by atoms with E-state index in [9.17, 15) is 0 Å². The van der Waals surface area contributed by atoms with Crippen LogP contribution in [0.15, 0.2) is 16.6 Å². The molecule has 1 saturated heterocycles. The van der Waals surface area contributed by atoms with Crippen LogP contribution in [0.3, 0.4) is 0 Å². The van der Waals surface area contributed by atoms with Gasteiger partial charge in [0.15, 0.2) is 11.5 Å². The number of piperidine rings is 1. The Morgan fingerprint density at radius 1 is 1.24 bits per heavy atom. The molecular formula is C13H18BrNO2. The quantitative estimate of drug-likeness (QED) is 0.931. The molecule has 0 radical (unpaired) electrons. The highest BCUT2D eigenvalue weighted by molar-refractivity contribution is 9.10. The van der Waals surface area contributed by atoms with Crippen LogP contribution < -0.4 is 14.8 Å². The zero-order chi connectivity index (χ0) is 12.3. The summed E-state index contributed by atoms with van der Waals surface area (Å²) in [5, 5.41) is 3.43. The largest absolute Gasteiger partial charge is 0.493 e. The van der Waals surface area contributed by atoms with Crippen LogP contribution in [0.2, 0.25) is 0 Å². The molecule has 1 aliphatic rings. The summed E-state index contributed by atoms with van der Waals surface area (Å²) in [5.41, 5.74) is 1.30. The fourth-order valence-electron chi connectivity index (χ4n) is 2.30. The van der Waals surface area contributed by atoms with Gasteiger partial charge < -0.3 is 14.8 Å². The lowest BCUT2D eigenvalue weighted by Gasteiger charge is -2.25. The summed E-state index contributed by atoms with van der Waals surface area (Å²) in [4.78, 5) is 0. The first-order valence-electron chi connectivity index (χ1n) is 5.88. The molecule has 1 unspecified atom stereocenters. The van der Waals surface area contributed by atoms with Crippen molar-refractivity contribution in [3.8, 4) is 11.5 Å². The summed E-state index contributed by atoms with van der Waals surface area (Å²) in [6.07, 6.45) is 2.45. The van der Waals surface area contributed by atoms with Gasteiger partial charge in [-0.15, -0.1) is 0 Å².